The van der Waals surface area contributed by atoms with Crippen molar-refractivity contribution in [2.75, 3.05) is 44.3 Å². The van der Waals surface area contributed by atoms with Gasteiger partial charge in [-0.05, 0) is 25.5 Å². The van der Waals surface area contributed by atoms with Gasteiger partial charge in [0.25, 0.3) is 5.91 Å². The van der Waals surface area contributed by atoms with Crippen LogP contribution in [0.3, 0.4) is 0 Å². The van der Waals surface area contributed by atoms with Gasteiger partial charge in [0, 0.05) is 43.9 Å². The van der Waals surface area contributed by atoms with Crippen LogP contribution in [0.4, 0.5) is 5.82 Å². The SMILES string of the molecule is Cc1cc(C(=O)N2CCOCC3(CCN(c4ccccn4)C3)C2)no1. The second-order valence-electron chi connectivity index (χ2n) is 6.96. The summed E-state index contributed by atoms with van der Waals surface area (Å²) in [5.74, 6) is 1.54. The molecular formula is C18H22N4O3. The molecule has 2 fully saturated rings. The van der Waals surface area contributed by atoms with Crippen molar-refractivity contribution in [2.24, 2.45) is 5.41 Å². The summed E-state index contributed by atoms with van der Waals surface area (Å²) in [6, 6.07) is 7.64. The third-order valence-electron chi connectivity index (χ3n) is 4.99. The van der Waals surface area contributed by atoms with E-state index in [2.05, 4.69) is 15.0 Å². The number of rotatable bonds is 2. The van der Waals surface area contributed by atoms with Crippen LogP contribution < -0.4 is 4.90 Å². The third kappa shape index (κ3) is 3.24. The zero-order chi connectivity index (χ0) is 17.3. The van der Waals surface area contributed by atoms with Crippen LogP contribution >= 0.6 is 0 Å². The van der Waals surface area contributed by atoms with Gasteiger partial charge in [-0.2, -0.15) is 0 Å². The van der Waals surface area contributed by atoms with Gasteiger partial charge >= 0.3 is 0 Å². The van der Waals surface area contributed by atoms with E-state index in [1.165, 1.54) is 0 Å². The fourth-order valence-corrected chi connectivity index (χ4v) is 3.71. The molecule has 4 heterocycles. The van der Waals surface area contributed by atoms with Crippen LogP contribution in [0, 0.1) is 12.3 Å². The minimum absolute atomic E-state index is 0.0670. The second-order valence-corrected chi connectivity index (χ2v) is 6.96. The number of aromatic nitrogens is 2. The largest absolute Gasteiger partial charge is 0.379 e. The molecular weight excluding hydrogens is 320 g/mol. The molecule has 25 heavy (non-hydrogen) atoms. The van der Waals surface area contributed by atoms with Gasteiger partial charge in [0.05, 0.1) is 13.2 Å². The maximum Gasteiger partial charge on any atom is 0.276 e. The Kier molecular flexibility index (Phi) is 4.17. The average Bonchev–Trinajstić information content (AvgIpc) is 3.18. The lowest BCUT2D eigenvalue weighted by Gasteiger charge is -2.31. The quantitative estimate of drug-likeness (QED) is 0.828. The molecule has 4 rings (SSSR count). The van der Waals surface area contributed by atoms with Crippen molar-refractivity contribution in [3.63, 3.8) is 0 Å². The van der Waals surface area contributed by atoms with Crippen LogP contribution in [-0.4, -0.2) is 60.3 Å². The number of pyridine rings is 1. The molecule has 0 aliphatic carbocycles. The highest BCUT2D eigenvalue weighted by Gasteiger charge is 2.43. The Bertz CT molecular complexity index is 748. The Morgan fingerprint density at radius 3 is 2.96 bits per heavy atom. The standard InChI is InChI=1S/C18H22N4O3/c1-14-10-15(20-25-14)17(23)22-8-9-24-13-18(12-22)5-7-21(11-18)16-4-2-3-6-19-16/h2-4,6,10H,5,7-9,11-13H2,1H3. The lowest BCUT2D eigenvalue weighted by atomic mass is 9.87. The molecule has 0 aromatic carbocycles. The monoisotopic (exact) mass is 342 g/mol. The zero-order valence-corrected chi connectivity index (χ0v) is 14.4. The van der Waals surface area contributed by atoms with E-state index in [1.54, 1.807) is 13.0 Å². The first kappa shape index (κ1) is 16.1. The molecule has 1 spiro atoms. The fraction of sp³-hybridized carbons (Fsp3) is 0.500. The Balaban J connectivity index is 1.51. The first-order chi connectivity index (χ1) is 12.2. The van der Waals surface area contributed by atoms with Gasteiger partial charge in [-0.25, -0.2) is 4.98 Å². The normalized spacial score (nSPS) is 23.9. The molecule has 2 saturated heterocycles. The van der Waals surface area contributed by atoms with Gasteiger partial charge in [-0.15, -0.1) is 0 Å². The van der Waals surface area contributed by atoms with Crippen molar-refractivity contribution in [3.05, 3.63) is 41.9 Å². The number of hydrogen-bond donors (Lipinski definition) is 0. The summed E-state index contributed by atoms with van der Waals surface area (Å²) >= 11 is 0. The van der Waals surface area contributed by atoms with Crippen LogP contribution in [-0.2, 0) is 4.74 Å². The zero-order valence-electron chi connectivity index (χ0n) is 14.4. The summed E-state index contributed by atoms with van der Waals surface area (Å²) in [6.45, 7) is 6.01. The van der Waals surface area contributed by atoms with Crippen molar-refractivity contribution in [3.8, 4) is 0 Å². The summed E-state index contributed by atoms with van der Waals surface area (Å²) in [7, 11) is 0. The summed E-state index contributed by atoms with van der Waals surface area (Å²) in [4.78, 5) is 21.4. The number of carbonyl (C=O) groups excluding carboxylic acids is 1. The summed E-state index contributed by atoms with van der Waals surface area (Å²) < 4.78 is 10.9. The summed E-state index contributed by atoms with van der Waals surface area (Å²) in [5, 5.41) is 3.87. The number of aryl methyl sites for hydroxylation is 1. The molecule has 0 N–H and O–H groups in total. The van der Waals surface area contributed by atoms with E-state index in [9.17, 15) is 4.79 Å². The smallest absolute Gasteiger partial charge is 0.276 e. The molecule has 7 heteroatoms. The van der Waals surface area contributed by atoms with Crippen LogP contribution in [0.5, 0.6) is 0 Å². The maximum atomic E-state index is 12.8. The fourth-order valence-electron chi connectivity index (χ4n) is 3.71. The molecule has 0 saturated carbocycles. The first-order valence-corrected chi connectivity index (χ1v) is 8.62. The Hall–Kier alpha value is -2.41. The minimum atomic E-state index is -0.0852. The summed E-state index contributed by atoms with van der Waals surface area (Å²) in [5.41, 5.74) is 0.303. The van der Waals surface area contributed by atoms with Crippen LogP contribution in [0.15, 0.2) is 35.0 Å². The highest BCUT2D eigenvalue weighted by atomic mass is 16.5. The van der Waals surface area contributed by atoms with Crippen molar-refractivity contribution in [1.82, 2.24) is 15.0 Å². The lowest BCUT2D eigenvalue weighted by Crippen LogP contribution is -2.43. The van der Waals surface area contributed by atoms with E-state index in [0.717, 1.165) is 25.3 Å². The molecule has 2 aromatic heterocycles. The van der Waals surface area contributed by atoms with Gasteiger partial charge in [0.2, 0.25) is 0 Å². The first-order valence-electron chi connectivity index (χ1n) is 8.62. The van der Waals surface area contributed by atoms with E-state index in [0.29, 0.717) is 37.8 Å². The highest BCUT2D eigenvalue weighted by Crippen LogP contribution is 2.35. The molecule has 2 aliphatic heterocycles. The van der Waals surface area contributed by atoms with Crippen molar-refractivity contribution >= 4 is 11.7 Å². The van der Waals surface area contributed by atoms with Crippen molar-refractivity contribution < 1.29 is 14.1 Å². The summed E-state index contributed by atoms with van der Waals surface area (Å²) in [6.07, 6.45) is 2.79. The molecule has 1 amide bonds. The Morgan fingerprint density at radius 1 is 1.28 bits per heavy atom. The molecule has 2 aliphatic rings. The molecule has 0 bridgehead atoms. The molecule has 2 aromatic rings. The van der Waals surface area contributed by atoms with E-state index < -0.39 is 0 Å². The number of hydrogen-bond acceptors (Lipinski definition) is 6. The van der Waals surface area contributed by atoms with E-state index in [-0.39, 0.29) is 11.3 Å². The Labute approximate surface area is 146 Å². The predicted molar refractivity (Wildman–Crippen MR) is 91.5 cm³/mol. The van der Waals surface area contributed by atoms with Gasteiger partial charge < -0.3 is 19.1 Å². The second kappa shape index (κ2) is 6.48. The minimum Gasteiger partial charge on any atom is -0.379 e. The van der Waals surface area contributed by atoms with Gasteiger partial charge in [0.15, 0.2) is 5.69 Å². The highest BCUT2D eigenvalue weighted by molar-refractivity contribution is 5.92. The number of nitrogens with zero attached hydrogens (tertiary/aromatic N) is 4. The van der Waals surface area contributed by atoms with E-state index >= 15 is 0 Å². The Morgan fingerprint density at radius 2 is 2.20 bits per heavy atom. The number of carbonyl (C=O) groups is 1. The van der Waals surface area contributed by atoms with Crippen LogP contribution in [0.2, 0.25) is 0 Å². The molecule has 132 valence electrons. The average molecular weight is 342 g/mol. The molecule has 1 atom stereocenters. The predicted octanol–water partition coefficient (Wildman–Crippen LogP) is 1.75. The van der Waals surface area contributed by atoms with Crippen molar-refractivity contribution in [1.29, 1.82) is 0 Å². The maximum absolute atomic E-state index is 12.8. The molecule has 0 radical (unpaired) electrons. The molecule has 7 nitrogen and oxygen atoms in total. The van der Waals surface area contributed by atoms with Crippen molar-refractivity contribution in [2.45, 2.75) is 13.3 Å². The van der Waals surface area contributed by atoms with Gasteiger partial charge in [-0.1, -0.05) is 11.2 Å². The van der Waals surface area contributed by atoms with Gasteiger partial charge in [0.1, 0.15) is 11.6 Å². The number of ether oxygens (including phenoxy) is 1. The van der Waals surface area contributed by atoms with E-state index in [1.807, 2.05) is 29.3 Å². The number of anilines is 1. The topological polar surface area (TPSA) is 71.7 Å². The number of amides is 1. The lowest BCUT2D eigenvalue weighted by molar-refractivity contribution is 0.0682. The third-order valence-corrected chi connectivity index (χ3v) is 4.99. The van der Waals surface area contributed by atoms with Gasteiger partial charge in [-0.3, -0.25) is 4.79 Å². The van der Waals surface area contributed by atoms with E-state index in [4.69, 9.17) is 9.26 Å². The van der Waals surface area contributed by atoms with Crippen LogP contribution in [0.25, 0.3) is 0 Å². The van der Waals surface area contributed by atoms with Crippen LogP contribution in [0.1, 0.15) is 22.7 Å². The molecule has 1 unspecified atom stereocenters.